The molecule has 1 aliphatic rings. The van der Waals surface area contributed by atoms with E-state index in [4.69, 9.17) is 26.6 Å². The zero-order valence-corrected chi connectivity index (χ0v) is 24.3. The summed E-state index contributed by atoms with van der Waals surface area (Å²) in [6, 6.07) is 1.48. The highest BCUT2D eigenvalue weighted by Gasteiger charge is 2.44. The maximum absolute atomic E-state index is 12.7. The first-order chi connectivity index (χ1) is 16.2. The lowest BCUT2D eigenvalue weighted by Gasteiger charge is -2.30. The summed E-state index contributed by atoms with van der Waals surface area (Å²) in [5.74, 6) is 0.968. The first kappa shape index (κ1) is 31.2. The first-order valence-corrected chi connectivity index (χ1v) is 15.9. The molecule has 0 saturated heterocycles. The summed E-state index contributed by atoms with van der Waals surface area (Å²) >= 11 is 0. The molecular formula is C22H46N2O8Si2. The van der Waals surface area contributed by atoms with Crippen LogP contribution in [0.3, 0.4) is 0 Å². The van der Waals surface area contributed by atoms with Gasteiger partial charge in [0.1, 0.15) is 0 Å². The molecule has 0 aromatic heterocycles. The van der Waals surface area contributed by atoms with Crippen LogP contribution in [0.2, 0.25) is 12.1 Å². The molecule has 1 rings (SSSR count). The first-order valence-electron chi connectivity index (χ1n) is 12.0. The van der Waals surface area contributed by atoms with Crippen molar-refractivity contribution in [3.05, 3.63) is 0 Å². The largest absolute Gasteiger partial charge is 0.500 e. The van der Waals surface area contributed by atoms with Crippen LogP contribution in [-0.2, 0) is 36.1 Å². The molecule has 1 aliphatic carbocycles. The van der Waals surface area contributed by atoms with Crippen molar-refractivity contribution in [1.82, 2.24) is 10.2 Å². The second kappa shape index (κ2) is 15.3. The Morgan fingerprint density at radius 1 is 0.824 bits per heavy atom. The molecule has 10 nitrogen and oxygen atoms in total. The molecule has 1 N–H and O–H groups in total. The zero-order valence-electron chi connectivity index (χ0n) is 22.3. The normalized spacial score (nSPS) is 21.0. The number of nitrogens with one attached hydrogen (secondary N) is 1. The Hall–Kier alpha value is -0.866. The Balaban J connectivity index is 2.93. The third kappa shape index (κ3) is 8.97. The minimum atomic E-state index is -2.68. The SMILES string of the molecule is CCN(CC1CC(CC[Si](OC)(OC)OC)CC1CC[Si](OC)(OC)OC)C(=O)CNC(C)=O. The van der Waals surface area contributed by atoms with E-state index in [0.717, 1.165) is 37.8 Å². The molecule has 0 aliphatic heterocycles. The van der Waals surface area contributed by atoms with E-state index in [1.165, 1.54) is 6.92 Å². The average Bonchev–Trinajstić information content (AvgIpc) is 3.25. The lowest BCUT2D eigenvalue weighted by atomic mass is 9.93. The second-order valence-electron chi connectivity index (χ2n) is 8.87. The highest BCUT2D eigenvalue weighted by molar-refractivity contribution is 6.60. The molecule has 0 heterocycles. The minimum Gasteiger partial charge on any atom is -0.377 e. The molecule has 0 spiro atoms. The fraction of sp³-hybridized carbons (Fsp3) is 0.909. The summed E-state index contributed by atoms with van der Waals surface area (Å²) in [4.78, 5) is 25.8. The van der Waals surface area contributed by atoms with Crippen molar-refractivity contribution in [2.75, 3.05) is 62.3 Å². The fourth-order valence-corrected chi connectivity index (χ4v) is 8.72. The number of nitrogens with zero attached hydrogens (tertiary/aromatic N) is 1. The van der Waals surface area contributed by atoms with Crippen LogP contribution in [0.25, 0.3) is 0 Å². The Morgan fingerprint density at radius 3 is 1.74 bits per heavy atom. The van der Waals surface area contributed by atoms with Crippen LogP contribution in [-0.4, -0.2) is 96.6 Å². The summed E-state index contributed by atoms with van der Waals surface area (Å²) in [6.07, 6.45) is 3.91. The molecule has 34 heavy (non-hydrogen) atoms. The Kier molecular flexibility index (Phi) is 14.0. The van der Waals surface area contributed by atoms with E-state index in [9.17, 15) is 9.59 Å². The van der Waals surface area contributed by atoms with Crippen molar-refractivity contribution in [2.45, 2.75) is 51.6 Å². The van der Waals surface area contributed by atoms with Gasteiger partial charge in [0.2, 0.25) is 11.8 Å². The maximum atomic E-state index is 12.7. The van der Waals surface area contributed by atoms with Crippen molar-refractivity contribution < 1.29 is 36.1 Å². The number of hydrogen-bond donors (Lipinski definition) is 1. The van der Waals surface area contributed by atoms with Gasteiger partial charge in [-0.15, -0.1) is 0 Å². The van der Waals surface area contributed by atoms with Crippen molar-refractivity contribution in [3.8, 4) is 0 Å². The number of rotatable bonds is 17. The maximum Gasteiger partial charge on any atom is 0.500 e. The van der Waals surface area contributed by atoms with E-state index in [0.29, 0.717) is 30.8 Å². The van der Waals surface area contributed by atoms with Crippen LogP contribution < -0.4 is 5.32 Å². The van der Waals surface area contributed by atoms with Crippen molar-refractivity contribution in [1.29, 1.82) is 0 Å². The van der Waals surface area contributed by atoms with Crippen molar-refractivity contribution in [3.63, 3.8) is 0 Å². The summed E-state index contributed by atoms with van der Waals surface area (Å²) in [5.41, 5.74) is 0. The molecule has 1 fully saturated rings. The van der Waals surface area contributed by atoms with Gasteiger partial charge in [-0.05, 0) is 50.4 Å². The van der Waals surface area contributed by atoms with Gasteiger partial charge in [0.15, 0.2) is 0 Å². The van der Waals surface area contributed by atoms with Crippen molar-refractivity contribution in [2.24, 2.45) is 17.8 Å². The average molecular weight is 523 g/mol. The van der Waals surface area contributed by atoms with E-state index < -0.39 is 17.6 Å². The van der Waals surface area contributed by atoms with Crippen LogP contribution in [0.4, 0.5) is 0 Å². The molecule has 12 heteroatoms. The van der Waals surface area contributed by atoms with Gasteiger partial charge in [-0.25, -0.2) is 0 Å². The van der Waals surface area contributed by atoms with E-state index in [-0.39, 0.29) is 18.4 Å². The topological polar surface area (TPSA) is 105 Å². The monoisotopic (exact) mass is 522 g/mol. The third-order valence-electron chi connectivity index (χ3n) is 7.16. The molecule has 0 radical (unpaired) electrons. The van der Waals surface area contributed by atoms with Crippen LogP contribution in [0.15, 0.2) is 0 Å². The van der Waals surface area contributed by atoms with E-state index in [2.05, 4.69) is 5.32 Å². The van der Waals surface area contributed by atoms with Crippen molar-refractivity contribution >= 4 is 29.4 Å². The Morgan fingerprint density at radius 2 is 1.29 bits per heavy atom. The van der Waals surface area contributed by atoms with Gasteiger partial charge >= 0.3 is 17.6 Å². The van der Waals surface area contributed by atoms with Gasteiger partial charge in [-0.3, -0.25) is 9.59 Å². The summed E-state index contributed by atoms with van der Waals surface area (Å²) in [5, 5.41) is 2.62. The van der Waals surface area contributed by atoms with Gasteiger partial charge in [0.25, 0.3) is 0 Å². The Bertz CT molecular complexity index is 603. The molecule has 0 aromatic carbocycles. The fourth-order valence-electron chi connectivity index (χ4n) is 5.01. The minimum absolute atomic E-state index is 0.0284. The van der Waals surface area contributed by atoms with Gasteiger partial charge in [-0.1, -0.05) is 0 Å². The standard InChI is InChI=1S/C22H46N2O8Si2/c1-9-24(22(26)16-23-18(2)25)17-21-15-19(10-12-33(27-3,28-4)29-5)14-20(21)11-13-34(30-6,31-7)32-8/h19-21H,9-17H2,1-8H3,(H,23,25). The quantitative estimate of drug-likeness (QED) is 0.290. The van der Waals surface area contributed by atoms with Gasteiger partial charge in [0.05, 0.1) is 6.54 Å². The van der Waals surface area contributed by atoms with E-state index in [1.54, 1.807) is 42.7 Å². The molecule has 2 amide bonds. The van der Waals surface area contributed by atoms with Crippen LogP contribution in [0.5, 0.6) is 0 Å². The predicted molar refractivity (Wildman–Crippen MR) is 133 cm³/mol. The number of carbonyl (C=O) groups excluding carboxylic acids is 2. The molecule has 200 valence electrons. The molecule has 0 bridgehead atoms. The molecule has 3 unspecified atom stereocenters. The van der Waals surface area contributed by atoms with E-state index in [1.807, 2.05) is 11.8 Å². The number of carbonyl (C=O) groups is 2. The lowest BCUT2D eigenvalue weighted by molar-refractivity contribution is -0.133. The Labute approximate surface area is 207 Å². The molecule has 0 aromatic rings. The number of amides is 2. The smallest absolute Gasteiger partial charge is 0.377 e. The summed E-state index contributed by atoms with van der Waals surface area (Å²) < 4.78 is 33.7. The van der Waals surface area contributed by atoms with Crippen LogP contribution >= 0.6 is 0 Å². The van der Waals surface area contributed by atoms with Crippen LogP contribution in [0, 0.1) is 17.8 Å². The van der Waals surface area contributed by atoms with Gasteiger partial charge in [0, 0.05) is 74.8 Å². The highest BCUT2D eigenvalue weighted by Crippen LogP contribution is 2.43. The molecule has 3 atom stereocenters. The predicted octanol–water partition coefficient (Wildman–Crippen LogP) is 2.15. The highest BCUT2D eigenvalue weighted by atomic mass is 28.4. The summed E-state index contributed by atoms with van der Waals surface area (Å²) in [7, 11) is 4.53. The van der Waals surface area contributed by atoms with Gasteiger partial charge < -0.3 is 36.8 Å². The van der Waals surface area contributed by atoms with E-state index >= 15 is 0 Å². The summed E-state index contributed by atoms with van der Waals surface area (Å²) in [6.45, 7) is 4.69. The zero-order chi connectivity index (χ0) is 25.8. The lowest BCUT2D eigenvalue weighted by Crippen LogP contribution is -2.44. The third-order valence-corrected chi connectivity index (χ3v) is 12.7. The second-order valence-corrected chi connectivity index (χ2v) is 15.0. The van der Waals surface area contributed by atoms with Crippen LogP contribution in [0.1, 0.15) is 39.5 Å². The molecule has 1 saturated carbocycles. The van der Waals surface area contributed by atoms with Gasteiger partial charge in [-0.2, -0.15) is 0 Å². The molecular weight excluding hydrogens is 476 g/mol. The number of hydrogen-bond acceptors (Lipinski definition) is 8. The number of likely N-dealkylation sites (N-methyl/N-ethyl adjacent to an activating group) is 1.